The van der Waals surface area contributed by atoms with Crippen molar-refractivity contribution in [1.82, 2.24) is 24.8 Å². The molecule has 3 aromatic heterocycles. The standard InChI is InChI=1S/C24H19N7O3S/c1-16(32)26-19-5-7-21(8-6-19)35(33,34)30-20-4-2-3-18(15-20)22-9-10-23-27-28-24(31(23)29-22)17-11-13-25-14-12-17/h2-15,30H,1H3,(H,26,32). The number of sulfonamides is 1. The van der Waals surface area contributed by atoms with Crippen LogP contribution in [0.3, 0.4) is 0 Å². The highest BCUT2D eigenvalue weighted by molar-refractivity contribution is 7.92. The van der Waals surface area contributed by atoms with Crippen molar-refractivity contribution in [3.8, 4) is 22.6 Å². The third kappa shape index (κ3) is 4.70. The second kappa shape index (κ2) is 8.95. The maximum Gasteiger partial charge on any atom is 0.261 e. The molecule has 35 heavy (non-hydrogen) atoms. The first-order chi connectivity index (χ1) is 16.9. The Bertz CT molecular complexity index is 1630. The Kier molecular flexibility index (Phi) is 5.67. The smallest absolute Gasteiger partial charge is 0.261 e. The summed E-state index contributed by atoms with van der Waals surface area (Å²) in [5.41, 5.74) is 3.63. The zero-order valence-electron chi connectivity index (χ0n) is 18.5. The Morgan fingerprint density at radius 1 is 0.857 bits per heavy atom. The maximum absolute atomic E-state index is 12.9. The maximum atomic E-state index is 12.9. The van der Waals surface area contributed by atoms with Crippen LogP contribution >= 0.6 is 0 Å². The molecule has 0 saturated carbocycles. The molecule has 174 valence electrons. The molecule has 0 saturated heterocycles. The SMILES string of the molecule is CC(=O)Nc1ccc(S(=O)(=O)Nc2cccc(-c3ccc4nnc(-c5ccncc5)n4n3)c2)cc1. The molecular weight excluding hydrogens is 466 g/mol. The summed E-state index contributed by atoms with van der Waals surface area (Å²) in [7, 11) is -3.84. The second-order valence-corrected chi connectivity index (χ2v) is 9.32. The van der Waals surface area contributed by atoms with Gasteiger partial charge in [0, 0.05) is 41.8 Å². The molecule has 0 bridgehead atoms. The summed E-state index contributed by atoms with van der Waals surface area (Å²) in [4.78, 5) is 15.3. The minimum absolute atomic E-state index is 0.0723. The topological polar surface area (TPSA) is 131 Å². The van der Waals surface area contributed by atoms with Crippen LogP contribution in [0.15, 0.2) is 90.1 Å². The van der Waals surface area contributed by atoms with Gasteiger partial charge in [-0.3, -0.25) is 14.5 Å². The summed E-state index contributed by atoms with van der Waals surface area (Å²) >= 11 is 0. The first-order valence-electron chi connectivity index (χ1n) is 10.5. The lowest BCUT2D eigenvalue weighted by atomic mass is 10.1. The van der Waals surface area contributed by atoms with Crippen molar-refractivity contribution in [1.29, 1.82) is 0 Å². The van der Waals surface area contributed by atoms with Crippen LogP contribution in [0.2, 0.25) is 0 Å². The molecule has 0 unspecified atom stereocenters. The van der Waals surface area contributed by atoms with E-state index >= 15 is 0 Å². The van der Waals surface area contributed by atoms with Crippen molar-refractivity contribution >= 4 is 33.0 Å². The molecule has 5 rings (SSSR count). The third-order valence-electron chi connectivity index (χ3n) is 5.10. The summed E-state index contributed by atoms with van der Waals surface area (Å²) in [5.74, 6) is 0.338. The number of carbonyl (C=O) groups is 1. The summed E-state index contributed by atoms with van der Waals surface area (Å²) in [5, 5.41) is 15.7. The van der Waals surface area contributed by atoms with Crippen LogP contribution in [0.5, 0.6) is 0 Å². The molecule has 2 aromatic carbocycles. The molecule has 3 heterocycles. The molecule has 0 aliphatic carbocycles. The van der Waals surface area contributed by atoms with Crippen LogP contribution < -0.4 is 10.0 Å². The Hall–Kier alpha value is -4.64. The van der Waals surface area contributed by atoms with Gasteiger partial charge in [-0.15, -0.1) is 10.2 Å². The summed E-state index contributed by atoms with van der Waals surface area (Å²) in [6.45, 7) is 1.38. The zero-order chi connectivity index (χ0) is 24.4. The fraction of sp³-hybridized carbons (Fsp3) is 0.0417. The van der Waals surface area contributed by atoms with Gasteiger partial charge in [-0.05, 0) is 60.7 Å². The number of pyridine rings is 1. The molecule has 0 radical (unpaired) electrons. The average molecular weight is 486 g/mol. The Balaban J connectivity index is 1.43. The normalized spacial score (nSPS) is 11.3. The third-order valence-corrected chi connectivity index (χ3v) is 6.49. The Morgan fingerprint density at radius 3 is 2.37 bits per heavy atom. The van der Waals surface area contributed by atoms with Crippen LogP contribution in [-0.2, 0) is 14.8 Å². The van der Waals surface area contributed by atoms with Gasteiger partial charge >= 0.3 is 0 Å². The number of aromatic nitrogens is 5. The summed E-state index contributed by atoms with van der Waals surface area (Å²) in [6, 6.07) is 20.1. The van der Waals surface area contributed by atoms with Crippen molar-refractivity contribution < 1.29 is 13.2 Å². The highest BCUT2D eigenvalue weighted by atomic mass is 32.2. The van der Waals surface area contributed by atoms with E-state index in [1.54, 1.807) is 47.2 Å². The van der Waals surface area contributed by atoms with Crippen LogP contribution in [-0.4, -0.2) is 39.1 Å². The van der Waals surface area contributed by atoms with Gasteiger partial charge in [0.05, 0.1) is 10.6 Å². The molecule has 10 nitrogen and oxygen atoms in total. The van der Waals surface area contributed by atoms with E-state index in [0.29, 0.717) is 34.1 Å². The number of anilines is 2. The monoisotopic (exact) mass is 485 g/mol. The molecule has 5 aromatic rings. The van der Waals surface area contributed by atoms with E-state index in [-0.39, 0.29) is 10.8 Å². The van der Waals surface area contributed by atoms with Crippen LogP contribution in [0.25, 0.3) is 28.3 Å². The minimum atomic E-state index is -3.84. The van der Waals surface area contributed by atoms with E-state index in [2.05, 4.69) is 30.3 Å². The molecule has 0 aliphatic rings. The van der Waals surface area contributed by atoms with Crippen LogP contribution in [0, 0.1) is 0 Å². The van der Waals surface area contributed by atoms with E-state index in [1.807, 2.05) is 18.2 Å². The van der Waals surface area contributed by atoms with Gasteiger partial charge in [0.2, 0.25) is 5.91 Å². The van der Waals surface area contributed by atoms with Gasteiger partial charge in [-0.2, -0.15) is 9.61 Å². The van der Waals surface area contributed by atoms with Crippen LogP contribution in [0.1, 0.15) is 6.92 Å². The highest BCUT2D eigenvalue weighted by Crippen LogP contribution is 2.25. The van der Waals surface area contributed by atoms with Gasteiger partial charge < -0.3 is 5.32 Å². The van der Waals surface area contributed by atoms with E-state index in [4.69, 9.17) is 0 Å². The predicted octanol–water partition coefficient (Wildman–Crippen LogP) is 3.61. The molecule has 0 aliphatic heterocycles. The van der Waals surface area contributed by atoms with Gasteiger partial charge in [-0.1, -0.05) is 12.1 Å². The number of nitrogens with one attached hydrogen (secondary N) is 2. The Morgan fingerprint density at radius 2 is 1.63 bits per heavy atom. The number of amides is 1. The number of nitrogens with zero attached hydrogens (tertiary/aromatic N) is 5. The number of benzene rings is 2. The number of carbonyl (C=O) groups excluding carboxylic acids is 1. The fourth-order valence-corrected chi connectivity index (χ4v) is 4.55. The lowest BCUT2D eigenvalue weighted by molar-refractivity contribution is -0.114. The van der Waals surface area contributed by atoms with E-state index in [0.717, 1.165) is 5.56 Å². The minimum Gasteiger partial charge on any atom is -0.326 e. The quantitative estimate of drug-likeness (QED) is 0.376. The molecular formula is C24H19N7O3S. The highest BCUT2D eigenvalue weighted by Gasteiger charge is 2.16. The number of hydrogen-bond donors (Lipinski definition) is 2. The van der Waals surface area contributed by atoms with Crippen LogP contribution in [0.4, 0.5) is 11.4 Å². The van der Waals surface area contributed by atoms with Crippen molar-refractivity contribution in [3.05, 3.63) is 85.2 Å². The lowest BCUT2D eigenvalue weighted by Crippen LogP contribution is -2.13. The number of rotatable bonds is 6. The Labute approximate surface area is 200 Å². The molecule has 0 fully saturated rings. The van der Waals surface area contributed by atoms with E-state index in [1.165, 1.54) is 31.2 Å². The number of hydrogen-bond acceptors (Lipinski definition) is 7. The largest absolute Gasteiger partial charge is 0.326 e. The molecule has 1 amide bonds. The van der Waals surface area contributed by atoms with Crippen molar-refractivity contribution in [2.24, 2.45) is 0 Å². The van der Waals surface area contributed by atoms with Gasteiger partial charge in [-0.25, -0.2) is 8.42 Å². The van der Waals surface area contributed by atoms with Crippen molar-refractivity contribution in [2.75, 3.05) is 10.0 Å². The molecule has 0 atom stereocenters. The predicted molar refractivity (Wildman–Crippen MR) is 131 cm³/mol. The fourth-order valence-electron chi connectivity index (χ4n) is 3.50. The first-order valence-corrected chi connectivity index (χ1v) is 12.0. The van der Waals surface area contributed by atoms with Gasteiger partial charge in [0.15, 0.2) is 11.5 Å². The number of fused-ring (bicyclic) bond motifs is 1. The lowest BCUT2D eigenvalue weighted by Gasteiger charge is -2.10. The van der Waals surface area contributed by atoms with E-state index in [9.17, 15) is 13.2 Å². The average Bonchev–Trinajstić information content (AvgIpc) is 3.28. The van der Waals surface area contributed by atoms with E-state index < -0.39 is 10.0 Å². The second-order valence-electron chi connectivity index (χ2n) is 7.64. The van der Waals surface area contributed by atoms with Gasteiger partial charge in [0.25, 0.3) is 10.0 Å². The summed E-state index contributed by atoms with van der Waals surface area (Å²) in [6.07, 6.45) is 3.34. The first kappa shape index (κ1) is 22.2. The van der Waals surface area contributed by atoms with Crippen molar-refractivity contribution in [3.63, 3.8) is 0 Å². The summed E-state index contributed by atoms with van der Waals surface area (Å²) < 4.78 is 30.0. The van der Waals surface area contributed by atoms with Crippen molar-refractivity contribution in [2.45, 2.75) is 11.8 Å². The van der Waals surface area contributed by atoms with Gasteiger partial charge in [0.1, 0.15) is 0 Å². The molecule has 2 N–H and O–H groups in total. The molecule has 11 heteroatoms. The zero-order valence-corrected chi connectivity index (χ0v) is 19.3. The molecule has 0 spiro atoms.